The van der Waals surface area contributed by atoms with Crippen LogP contribution < -0.4 is 16.0 Å². The first kappa shape index (κ1) is 21.9. The summed E-state index contributed by atoms with van der Waals surface area (Å²) in [6.07, 6.45) is 0. The van der Waals surface area contributed by atoms with Crippen molar-refractivity contribution in [1.29, 1.82) is 0 Å². The Morgan fingerprint density at radius 2 is 1.64 bits per heavy atom. The summed E-state index contributed by atoms with van der Waals surface area (Å²) in [5, 5.41) is 10.6. The number of amides is 1. The molecule has 1 aliphatic heterocycles. The number of rotatable bonds is 6. The Morgan fingerprint density at radius 1 is 0.889 bits per heavy atom. The molecule has 5 aromatic rings. The van der Waals surface area contributed by atoms with Crippen LogP contribution in [0.4, 0.5) is 17.3 Å². The highest BCUT2D eigenvalue weighted by Gasteiger charge is 2.23. The minimum Gasteiger partial charge on any atom is -0.324 e. The standard InChI is InChI=1S/C30H25N5O/c1-19-11-12-22(27-18-31-27)17-26(19)33-29(36)21-13-15-23(16-14-21)32-30-34-25-10-6-5-9-24(25)28(35-30)20-7-3-2-4-8-20/h2-17,27,31H,18H2,1H3,(H,33,36)(H,32,34,35). The molecular formula is C30H25N5O. The van der Waals surface area contributed by atoms with E-state index in [9.17, 15) is 4.79 Å². The number of carbonyl (C=O) groups excluding carboxylic acids is 1. The Kier molecular flexibility index (Phi) is 5.64. The average Bonchev–Trinajstić information content (AvgIpc) is 3.76. The monoisotopic (exact) mass is 471 g/mol. The molecule has 1 unspecified atom stereocenters. The molecule has 1 atom stereocenters. The highest BCUT2D eigenvalue weighted by molar-refractivity contribution is 6.05. The molecule has 1 fully saturated rings. The van der Waals surface area contributed by atoms with Crippen molar-refractivity contribution in [1.82, 2.24) is 15.3 Å². The van der Waals surface area contributed by atoms with Gasteiger partial charge in [0.25, 0.3) is 5.91 Å². The van der Waals surface area contributed by atoms with Crippen molar-refractivity contribution in [3.05, 3.63) is 114 Å². The molecule has 1 amide bonds. The number of aromatic nitrogens is 2. The normalized spacial score (nSPS) is 14.4. The molecule has 0 spiro atoms. The number of nitrogens with one attached hydrogen (secondary N) is 3. The number of aryl methyl sites for hydroxylation is 1. The lowest BCUT2D eigenvalue weighted by atomic mass is 10.1. The van der Waals surface area contributed by atoms with Gasteiger partial charge in [0.05, 0.1) is 11.2 Å². The van der Waals surface area contributed by atoms with Crippen LogP contribution in [0, 0.1) is 6.92 Å². The van der Waals surface area contributed by atoms with Gasteiger partial charge in [0.2, 0.25) is 5.95 Å². The van der Waals surface area contributed by atoms with E-state index in [4.69, 9.17) is 9.97 Å². The summed E-state index contributed by atoms with van der Waals surface area (Å²) in [4.78, 5) is 22.4. The third kappa shape index (κ3) is 4.54. The van der Waals surface area contributed by atoms with E-state index in [2.05, 4.69) is 28.1 Å². The maximum Gasteiger partial charge on any atom is 0.255 e. The van der Waals surface area contributed by atoms with Crippen LogP contribution in [-0.2, 0) is 0 Å². The van der Waals surface area contributed by atoms with Crippen molar-refractivity contribution in [2.24, 2.45) is 0 Å². The van der Waals surface area contributed by atoms with Crippen LogP contribution in [0.1, 0.15) is 27.5 Å². The van der Waals surface area contributed by atoms with Crippen molar-refractivity contribution >= 4 is 34.1 Å². The Bertz CT molecular complexity index is 1560. The summed E-state index contributed by atoms with van der Waals surface area (Å²) >= 11 is 0. The maximum absolute atomic E-state index is 12.9. The summed E-state index contributed by atoms with van der Waals surface area (Å²) in [6.45, 7) is 2.98. The predicted octanol–water partition coefficient (Wildman–Crippen LogP) is 6.25. The molecule has 36 heavy (non-hydrogen) atoms. The molecule has 1 aliphatic rings. The number of nitrogens with zero attached hydrogens (tertiary/aromatic N) is 2. The second-order valence-electron chi connectivity index (χ2n) is 8.97. The van der Waals surface area contributed by atoms with Crippen LogP contribution in [0.25, 0.3) is 22.2 Å². The van der Waals surface area contributed by atoms with Crippen molar-refractivity contribution in [2.75, 3.05) is 17.2 Å². The summed E-state index contributed by atoms with van der Waals surface area (Å²) in [6, 6.07) is 32.0. The molecule has 176 valence electrons. The number of benzene rings is 4. The minimum absolute atomic E-state index is 0.140. The van der Waals surface area contributed by atoms with Gasteiger partial charge in [-0.05, 0) is 54.4 Å². The predicted molar refractivity (Wildman–Crippen MR) is 145 cm³/mol. The molecule has 1 saturated heterocycles. The van der Waals surface area contributed by atoms with E-state index in [1.165, 1.54) is 5.56 Å². The molecule has 4 aromatic carbocycles. The zero-order chi connectivity index (χ0) is 24.5. The van der Waals surface area contributed by atoms with Crippen LogP contribution in [0.5, 0.6) is 0 Å². The zero-order valence-electron chi connectivity index (χ0n) is 19.8. The van der Waals surface area contributed by atoms with Crippen molar-refractivity contribution in [3.63, 3.8) is 0 Å². The Morgan fingerprint density at radius 3 is 2.42 bits per heavy atom. The average molecular weight is 472 g/mol. The van der Waals surface area contributed by atoms with Gasteiger partial charge in [-0.2, -0.15) is 0 Å². The lowest BCUT2D eigenvalue weighted by Gasteiger charge is -2.12. The van der Waals surface area contributed by atoms with E-state index >= 15 is 0 Å². The number of hydrogen-bond acceptors (Lipinski definition) is 5. The minimum atomic E-state index is -0.140. The highest BCUT2D eigenvalue weighted by atomic mass is 16.1. The van der Waals surface area contributed by atoms with Gasteiger partial charge in [0, 0.05) is 40.5 Å². The van der Waals surface area contributed by atoms with Gasteiger partial charge in [0.1, 0.15) is 0 Å². The van der Waals surface area contributed by atoms with Crippen LogP contribution >= 0.6 is 0 Å². The van der Waals surface area contributed by atoms with Crippen molar-refractivity contribution in [2.45, 2.75) is 13.0 Å². The van der Waals surface area contributed by atoms with Gasteiger partial charge in [-0.1, -0.05) is 60.7 Å². The lowest BCUT2D eigenvalue weighted by Crippen LogP contribution is -2.13. The molecule has 3 N–H and O–H groups in total. The van der Waals surface area contributed by atoms with E-state index in [-0.39, 0.29) is 5.91 Å². The topological polar surface area (TPSA) is 88.9 Å². The van der Waals surface area contributed by atoms with E-state index in [1.807, 2.05) is 79.7 Å². The van der Waals surface area contributed by atoms with Gasteiger partial charge in [0.15, 0.2) is 0 Å². The Hall–Kier alpha value is -4.55. The fourth-order valence-electron chi connectivity index (χ4n) is 4.26. The number of carbonyl (C=O) groups is 1. The molecular weight excluding hydrogens is 446 g/mol. The van der Waals surface area contributed by atoms with Crippen molar-refractivity contribution < 1.29 is 4.79 Å². The molecule has 0 aliphatic carbocycles. The SMILES string of the molecule is Cc1ccc(C2CN2)cc1NC(=O)c1ccc(Nc2nc(-c3ccccc3)c3ccccc3n2)cc1. The molecule has 1 aromatic heterocycles. The van der Waals surface area contributed by atoms with Gasteiger partial charge >= 0.3 is 0 Å². The molecule has 0 radical (unpaired) electrons. The summed E-state index contributed by atoms with van der Waals surface area (Å²) in [5.74, 6) is 0.366. The number of fused-ring (bicyclic) bond motifs is 1. The first-order valence-corrected chi connectivity index (χ1v) is 12.0. The second kappa shape index (κ2) is 9.24. The molecule has 0 bridgehead atoms. The summed E-state index contributed by atoms with van der Waals surface area (Å²) in [5.41, 5.74) is 7.23. The third-order valence-corrected chi connectivity index (χ3v) is 6.37. The highest BCUT2D eigenvalue weighted by Crippen LogP contribution is 2.29. The van der Waals surface area contributed by atoms with E-state index in [0.717, 1.165) is 45.6 Å². The van der Waals surface area contributed by atoms with Gasteiger partial charge < -0.3 is 16.0 Å². The second-order valence-corrected chi connectivity index (χ2v) is 8.97. The van der Waals surface area contributed by atoms with Gasteiger partial charge in [-0.25, -0.2) is 9.97 Å². The first-order chi connectivity index (χ1) is 17.6. The maximum atomic E-state index is 12.9. The van der Waals surface area contributed by atoms with Gasteiger partial charge in [-0.15, -0.1) is 0 Å². The quantitative estimate of drug-likeness (QED) is 0.255. The molecule has 6 heteroatoms. The lowest BCUT2D eigenvalue weighted by molar-refractivity contribution is 0.102. The Balaban J connectivity index is 1.23. The van der Waals surface area contributed by atoms with Crippen LogP contribution in [0.15, 0.2) is 97.1 Å². The zero-order valence-corrected chi connectivity index (χ0v) is 19.8. The summed E-state index contributed by atoms with van der Waals surface area (Å²) < 4.78 is 0. The van der Waals surface area contributed by atoms with Gasteiger partial charge in [-0.3, -0.25) is 4.79 Å². The third-order valence-electron chi connectivity index (χ3n) is 6.37. The number of para-hydroxylation sites is 1. The largest absolute Gasteiger partial charge is 0.324 e. The fourth-order valence-corrected chi connectivity index (χ4v) is 4.26. The van der Waals surface area contributed by atoms with Crippen LogP contribution in [-0.4, -0.2) is 22.4 Å². The van der Waals surface area contributed by atoms with Crippen LogP contribution in [0.2, 0.25) is 0 Å². The molecule has 2 heterocycles. The number of hydrogen-bond donors (Lipinski definition) is 3. The van der Waals surface area contributed by atoms with E-state index in [1.54, 1.807) is 12.1 Å². The fraction of sp³-hybridized carbons (Fsp3) is 0.100. The smallest absolute Gasteiger partial charge is 0.255 e. The van der Waals surface area contributed by atoms with Crippen molar-refractivity contribution in [3.8, 4) is 11.3 Å². The molecule has 6 rings (SSSR count). The molecule has 0 saturated carbocycles. The number of anilines is 3. The Labute approximate surface area is 209 Å². The first-order valence-electron chi connectivity index (χ1n) is 12.0. The van der Waals surface area contributed by atoms with E-state index < -0.39 is 0 Å². The summed E-state index contributed by atoms with van der Waals surface area (Å²) in [7, 11) is 0. The van der Waals surface area contributed by atoms with Crippen LogP contribution in [0.3, 0.4) is 0 Å². The molecule has 6 nitrogen and oxygen atoms in total. The van der Waals surface area contributed by atoms with E-state index in [0.29, 0.717) is 17.6 Å².